The summed E-state index contributed by atoms with van der Waals surface area (Å²) in [5.74, 6) is 1.32. The van der Waals surface area contributed by atoms with Gasteiger partial charge in [0.1, 0.15) is 5.75 Å². The molecule has 2 aromatic carbocycles. The number of ether oxygens (including phenoxy) is 1. The maximum Gasteiger partial charge on any atom is 0.301 e. The summed E-state index contributed by atoms with van der Waals surface area (Å²) in [4.78, 5) is 15.4. The van der Waals surface area contributed by atoms with Crippen molar-refractivity contribution in [3.05, 3.63) is 71.3 Å². The summed E-state index contributed by atoms with van der Waals surface area (Å²) in [6.45, 7) is 2.57. The molecule has 37 heavy (non-hydrogen) atoms. The minimum absolute atomic E-state index is 0.122. The number of allylic oxidation sites excluding steroid dienone is 1. The van der Waals surface area contributed by atoms with Crippen LogP contribution in [0.15, 0.2) is 54.6 Å². The molecule has 1 fully saturated rings. The first-order valence-electron chi connectivity index (χ1n) is 13.5. The number of nitrogens with one attached hydrogen (secondary N) is 2. The summed E-state index contributed by atoms with van der Waals surface area (Å²) in [7, 11) is -3.94. The Labute approximate surface area is 219 Å². The van der Waals surface area contributed by atoms with Crippen LogP contribution in [0.3, 0.4) is 0 Å². The van der Waals surface area contributed by atoms with Gasteiger partial charge >= 0.3 is 10.2 Å². The molecular weight excluding hydrogens is 486 g/mol. The quantitative estimate of drug-likeness (QED) is 0.510. The fourth-order valence-corrected chi connectivity index (χ4v) is 7.40. The summed E-state index contributed by atoms with van der Waals surface area (Å²) in [6.07, 6.45) is 11.5. The van der Waals surface area contributed by atoms with E-state index in [1.165, 1.54) is 24.0 Å². The van der Waals surface area contributed by atoms with Crippen molar-refractivity contribution in [2.75, 3.05) is 31.1 Å². The molecule has 1 amide bonds. The Morgan fingerprint density at radius 2 is 1.92 bits per heavy atom. The topological polar surface area (TPSA) is 87.7 Å². The second kappa shape index (κ2) is 9.80. The SMILES string of the molecule is O=C1NS(=O)(=O)NCCC=CCC2CCC2CN2CC3(CCCc4ccccc43)COc3ccc1cc32. The molecule has 196 valence electrons. The van der Waals surface area contributed by atoms with Crippen LogP contribution < -0.4 is 19.1 Å². The molecule has 7 nitrogen and oxygen atoms in total. The molecule has 4 aliphatic rings. The van der Waals surface area contributed by atoms with Crippen LogP contribution in [-0.4, -0.2) is 40.6 Å². The van der Waals surface area contributed by atoms with Gasteiger partial charge in [0.2, 0.25) is 0 Å². The fourth-order valence-electron chi connectivity index (χ4n) is 6.58. The Balaban J connectivity index is 1.40. The van der Waals surface area contributed by atoms with Crippen molar-refractivity contribution in [3.63, 3.8) is 0 Å². The van der Waals surface area contributed by atoms with E-state index in [9.17, 15) is 13.2 Å². The first kappa shape index (κ1) is 24.5. The van der Waals surface area contributed by atoms with Crippen molar-refractivity contribution in [2.24, 2.45) is 11.8 Å². The van der Waals surface area contributed by atoms with Crippen molar-refractivity contribution >= 4 is 21.8 Å². The highest BCUT2D eigenvalue weighted by molar-refractivity contribution is 7.88. The number of carbonyl (C=O) groups excluding carboxylic acids is 1. The molecule has 3 unspecified atom stereocenters. The summed E-state index contributed by atoms with van der Waals surface area (Å²) in [6, 6.07) is 14.1. The Hall–Kier alpha value is -2.84. The van der Waals surface area contributed by atoms with Gasteiger partial charge in [0.05, 0.1) is 12.3 Å². The van der Waals surface area contributed by atoms with E-state index in [1.54, 1.807) is 6.07 Å². The zero-order valence-electron chi connectivity index (χ0n) is 21.1. The highest BCUT2D eigenvalue weighted by Gasteiger charge is 2.43. The molecule has 2 aliphatic heterocycles. The van der Waals surface area contributed by atoms with Crippen molar-refractivity contribution in [1.82, 2.24) is 9.44 Å². The number of carbonyl (C=O) groups is 1. The number of amides is 1. The molecule has 0 saturated heterocycles. The lowest BCUT2D eigenvalue weighted by molar-refractivity contribution is 0.0981. The number of rotatable bonds is 0. The van der Waals surface area contributed by atoms with E-state index in [0.29, 0.717) is 30.4 Å². The van der Waals surface area contributed by atoms with Crippen molar-refractivity contribution < 1.29 is 17.9 Å². The lowest BCUT2D eigenvalue weighted by atomic mass is 9.69. The van der Waals surface area contributed by atoms with E-state index in [1.807, 2.05) is 18.2 Å². The molecular formula is C29H35N3O4S. The smallest absolute Gasteiger partial charge is 0.301 e. The second-order valence-corrected chi connectivity index (χ2v) is 12.6. The van der Waals surface area contributed by atoms with E-state index in [2.05, 4.69) is 44.7 Å². The van der Waals surface area contributed by atoms with E-state index in [-0.39, 0.29) is 12.0 Å². The fraction of sp³-hybridized carbons (Fsp3) is 0.483. The number of benzene rings is 2. The number of nitrogens with zero attached hydrogens (tertiary/aromatic N) is 1. The predicted molar refractivity (Wildman–Crippen MR) is 144 cm³/mol. The third kappa shape index (κ3) is 4.89. The normalized spacial score (nSPS) is 29.2. The van der Waals surface area contributed by atoms with Crippen molar-refractivity contribution in [2.45, 2.75) is 50.4 Å². The summed E-state index contributed by atoms with van der Waals surface area (Å²) in [5, 5.41) is 0. The lowest BCUT2D eigenvalue weighted by Crippen LogP contribution is -2.48. The molecule has 1 saturated carbocycles. The predicted octanol–water partition coefficient (Wildman–Crippen LogP) is 4.10. The maximum atomic E-state index is 13.0. The van der Waals surface area contributed by atoms with Gasteiger partial charge in [-0.2, -0.15) is 13.1 Å². The van der Waals surface area contributed by atoms with Crippen molar-refractivity contribution in [3.8, 4) is 5.75 Å². The summed E-state index contributed by atoms with van der Waals surface area (Å²) < 4.78 is 36.0. The Morgan fingerprint density at radius 3 is 2.78 bits per heavy atom. The van der Waals surface area contributed by atoms with Gasteiger partial charge < -0.3 is 9.64 Å². The van der Waals surface area contributed by atoms with E-state index >= 15 is 0 Å². The van der Waals surface area contributed by atoms with E-state index < -0.39 is 16.1 Å². The number of aryl methyl sites for hydroxylation is 1. The van der Waals surface area contributed by atoms with Gasteiger partial charge in [-0.25, -0.2) is 4.72 Å². The number of hydrogen-bond donors (Lipinski definition) is 2. The molecule has 6 rings (SSSR count). The van der Waals surface area contributed by atoms with Gasteiger partial charge in [-0.3, -0.25) is 4.79 Å². The number of fused-ring (bicyclic) bond motifs is 4. The number of anilines is 1. The zero-order chi connectivity index (χ0) is 25.5. The van der Waals surface area contributed by atoms with Crippen LogP contribution in [0.4, 0.5) is 5.69 Å². The molecule has 2 heterocycles. The molecule has 0 aromatic heterocycles. The standard InChI is InChI=1S/C29H35N3O4S/c33-28-23-13-14-27-26(17-23)32(19-29(20-36-27)15-6-9-22-8-3-4-10-25(22)29)18-24-12-11-21(24)7-2-1-5-16-30-37(34,35)31-28/h1-4,8,10,13-14,17,21,24,30H,5-7,9,11-12,15-16,18-20H2,(H,31,33). The van der Waals surface area contributed by atoms with Crippen LogP contribution in [0.1, 0.15) is 60.0 Å². The first-order chi connectivity index (χ1) is 17.9. The number of hydrogen-bond acceptors (Lipinski definition) is 5. The van der Waals surface area contributed by atoms with Crippen molar-refractivity contribution in [1.29, 1.82) is 0 Å². The van der Waals surface area contributed by atoms with Crippen LogP contribution in [0.5, 0.6) is 5.75 Å². The summed E-state index contributed by atoms with van der Waals surface area (Å²) >= 11 is 0. The molecule has 2 aromatic rings. The van der Waals surface area contributed by atoms with Gasteiger partial charge in [0.25, 0.3) is 5.91 Å². The Bertz CT molecular complexity index is 1320. The molecule has 2 aliphatic carbocycles. The van der Waals surface area contributed by atoms with Crippen LogP contribution >= 0.6 is 0 Å². The Morgan fingerprint density at radius 1 is 1.05 bits per heavy atom. The average Bonchev–Trinajstić information content (AvgIpc) is 3.02. The first-order valence-corrected chi connectivity index (χ1v) is 15.0. The molecule has 1 spiro atoms. The van der Waals surface area contributed by atoms with Gasteiger partial charge in [-0.1, -0.05) is 36.4 Å². The van der Waals surface area contributed by atoms with Crippen LogP contribution in [0, 0.1) is 11.8 Å². The van der Waals surface area contributed by atoms with Gasteiger partial charge in [0.15, 0.2) is 0 Å². The van der Waals surface area contributed by atoms with Crippen LogP contribution in [-0.2, 0) is 22.0 Å². The molecule has 2 bridgehead atoms. The lowest BCUT2D eigenvalue weighted by Gasteiger charge is -2.44. The minimum atomic E-state index is -3.94. The summed E-state index contributed by atoms with van der Waals surface area (Å²) in [5.41, 5.74) is 3.86. The zero-order valence-corrected chi connectivity index (χ0v) is 21.9. The van der Waals surface area contributed by atoms with Gasteiger partial charge in [0, 0.05) is 30.6 Å². The maximum absolute atomic E-state index is 13.0. The van der Waals surface area contributed by atoms with Gasteiger partial charge in [-0.05, 0) is 86.1 Å². The molecule has 8 heteroatoms. The highest BCUT2D eigenvalue weighted by Crippen LogP contribution is 2.46. The minimum Gasteiger partial charge on any atom is -0.490 e. The molecule has 3 atom stereocenters. The van der Waals surface area contributed by atoms with Crippen LogP contribution in [0.2, 0.25) is 0 Å². The second-order valence-electron chi connectivity index (χ2n) is 11.1. The Kier molecular flexibility index (Phi) is 6.49. The van der Waals surface area contributed by atoms with Gasteiger partial charge in [-0.15, -0.1) is 0 Å². The highest BCUT2D eigenvalue weighted by atomic mass is 32.2. The van der Waals surface area contributed by atoms with E-state index in [4.69, 9.17) is 4.74 Å². The largest absolute Gasteiger partial charge is 0.490 e. The monoisotopic (exact) mass is 521 g/mol. The average molecular weight is 522 g/mol. The van der Waals surface area contributed by atoms with Crippen LogP contribution in [0.25, 0.3) is 0 Å². The van der Waals surface area contributed by atoms with E-state index in [0.717, 1.165) is 50.2 Å². The third-order valence-corrected chi connectivity index (χ3v) is 9.75. The molecule has 0 radical (unpaired) electrons. The third-order valence-electron chi connectivity index (χ3n) is 8.71. The molecule has 2 N–H and O–H groups in total.